The summed E-state index contributed by atoms with van der Waals surface area (Å²) >= 11 is 4.00. The van der Waals surface area contributed by atoms with Crippen molar-refractivity contribution in [1.82, 2.24) is 19.6 Å². The van der Waals surface area contributed by atoms with Crippen molar-refractivity contribution in [1.29, 1.82) is 0 Å². The Bertz CT molecular complexity index is 910. The Hall–Kier alpha value is -1.59. The second kappa shape index (κ2) is 18.7. The molecule has 1 aromatic rings. The van der Waals surface area contributed by atoms with Crippen LogP contribution in [0.4, 0.5) is 5.69 Å². The molecule has 2 rings (SSSR count). The largest absolute Gasteiger partial charge is 3.00 e. The molecule has 0 saturated carbocycles. The minimum Gasteiger partial charge on any atom is -0.549 e. The number of carboxylic acid groups (broad SMARTS) is 4. The van der Waals surface area contributed by atoms with Crippen molar-refractivity contribution in [2.24, 2.45) is 0 Å². The molecule has 1 heterocycles. The average molecular weight is 710 g/mol. The number of carbonyl (C=O) groups excluding carboxylic acids is 3. The van der Waals surface area contributed by atoms with Gasteiger partial charge in [-0.15, -0.1) is 0 Å². The molecule has 1 radical (unpaired) electrons. The molecule has 1 unspecified atom stereocenters. The van der Waals surface area contributed by atoms with Gasteiger partial charge in [0, 0.05) is 77.7 Å². The molecule has 1 fully saturated rings. The Morgan fingerprint density at radius 3 is 1.49 bits per heavy atom. The Morgan fingerprint density at radius 2 is 1.15 bits per heavy atom. The SMILES string of the molecule is O=C([O-])CN1CCN(CC(=O)[O-])CCN(C(CCc2ccc(NS)cc2)C(=O)O)CCN(CC(=O)[O-])CC1.[Gd+3]. The summed E-state index contributed by atoms with van der Waals surface area (Å²) in [6.45, 7) is 0.381. The zero-order chi connectivity index (χ0) is 28.1. The summed E-state index contributed by atoms with van der Waals surface area (Å²) in [6.07, 6.45) is 0.757. The molecule has 13 nitrogen and oxygen atoms in total. The van der Waals surface area contributed by atoms with E-state index < -0.39 is 49.6 Å². The number of rotatable bonds is 12. The number of thiol groups is 1. The Labute approximate surface area is 265 Å². The minimum atomic E-state index is -1.30. The van der Waals surface area contributed by atoms with Crippen LogP contribution in [0.1, 0.15) is 12.0 Å². The summed E-state index contributed by atoms with van der Waals surface area (Å²) in [4.78, 5) is 52.5. The average Bonchev–Trinajstić information content (AvgIpc) is 2.84. The first kappa shape index (κ1) is 35.4. The van der Waals surface area contributed by atoms with Gasteiger partial charge < -0.3 is 39.5 Å². The molecule has 1 atom stereocenters. The maximum absolute atomic E-state index is 12.3. The first-order chi connectivity index (χ1) is 18.1. The van der Waals surface area contributed by atoms with Crippen LogP contribution in [-0.2, 0) is 25.6 Å². The molecule has 2 N–H and O–H groups in total. The van der Waals surface area contributed by atoms with Crippen LogP contribution < -0.4 is 20.0 Å². The molecule has 1 aliphatic rings. The van der Waals surface area contributed by atoms with Crippen LogP contribution in [0.3, 0.4) is 0 Å². The van der Waals surface area contributed by atoms with Gasteiger partial charge in [0.2, 0.25) is 0 Å². The predicted molar refractivity (Wildman–Crippen MR) is 135 cm³/mol. The monoisotopic (exact) mass is 710 g/mol. The van der Waals surface area contributed by atoms with E-state index in [0.29, 0.717) is 6.42 Å². The van der Waals surface area contributed by atoms with Gasteiger partial charge in [0.05, 0.1) is 17.9 Å². The Kier molecular flexibility index (Phi) is 17.0. The van der Waals surface area contributed by atoms with E-state index in [4.69, 9.17) is 0 Å². The van der Waals surface area contributed by atoms with Crippen molar-refractivity contribution in [2.75, 3.05) is 76.7 Å². The van der Waals surface area contributed by atoms with Gasteiger partial charge in [-0.2, -0.15) is 0 Å². The maximum atomic E-state index is 12.3. The number of nitrogens with zero attached hydrogens (tertiary/aromatic N) is 4. The Balaban J connectivity index is 0.00000760. The van der Waals surface area contributed by atoms with Crippen LogP contribution in [0.2, 0.25) is 0 Å². The standard InChI is InChI=1S/C24H37N5O8S.Gd/c30-21(31)15-26-7-9-27(16-22(32)33)11-13-29(14-12-28(10-8-26)17-23(34)35)20(24(36)37)6-3-18-1-4-19(25-38)5-2-18;/h1-2,4-5,20,25,38H,3,6-17H2,(H,30,31)(H,32,33)(H,34,35)(H,36,37);/q;+3/p-3. The molecule has 39 heavy (non-hydrogen) atoms. The van der Waals surface area contributed by atoms with Gasteiger partial charge >= 0.3 is 45.9 Å². The van der Waals surface area contributed by atoms with Gasteiger partial charge in [0.1, 0.15) is 6.04 Å². The minimum absolute atomic E-state index is 0. The van der Waals surface area contributed by atoms with Gasteiger partial charge in [0.25, 0.3) is 0 Å². The Morgan fingerprint density at radius 1 is 0.769 bits per heavy atom. The number of aliphatic carboxylic acids is 4. The second-order valence-electron chi connectivity index (χ2n) is 9.18. The quantitative estimate of drug-likeness (QED) is 0.178. The van der Waals surface area contributed by atoms with Gasteiger partial charge in [0.15, 0.2) is 0 Å². The number of hydrogen-bond donors (Lipinski definition) is 3. The molecule has 15 heteroatoms. The molecule has 217 valence electrons. The molecule has 0 spiro atoms. The van der Waals surface area contributed by atoms with Crippen molar-refractivity contribution in [2.45, 2.75) is 18.9 Å². The number of nitrogens with one attached hydrogen (secondary N) is 1. The third kappa shape index (κ3) is 14.0. The van der Waals surface area contributed by atoms with Crippen molar-refractivity contribution < 1.29 is 79.5 Å². The number of carboxylic acids is 4. The zero-order valence-electron chi connectivity index (χ0n) is 21.5. The van der Waals surface area contributed by atoms with Crippen molar-refractivity contribution >= 4 is 42.4 Å². The van der Waals surface area contributed by atoms with E-state index in [2.05, 4.69) is 17.5 Å². The number of carbonyl (C=O) groups is 4. The van der Waals surface area contributed by atoms with Crippen LogP contribution >= 0.6 is 12.8 Å². The van der Waals surface area contributed by atoms with Gasteiger partial charge in [-0.3, -0.25) is 24.4 Å². The van der Waals surface area contributed by atoms with Gasteiger partial charge in [-0.05, 0) is 30.5 Å². The van der Waals surface area contributed by atoms with E-state index in [1.54, 1.807) is 19.6 Å². The summed E-state index contributed by atoms with van der Waals surface area (Å²) in [7, 11) is 0. The molecule has 1 aromatic carbocycles. The fourth-order valence-electron chi connectivity index (χ4n) is 4.40. The maximum Gasteiger partial charge on any atom is 3.00 e. The molecule has 0 aromatic heterocycles. The summed E-state index contributed by atoms with van der Waals surface area (Å²) in [5.41, 5.74) is 1.73. The fourth-order valence-corrected chi connectivity index (χ4v) is 4.55. The van der Waals surface area contributed by atoms with Gasteiger partial charge in [-0.25, -0.2) is 0 Å². The van der Waals surface area contributed by atoms with E-state index in [-0.39, 0.29) is 98.7 Å². The topological polar surface area (TPSA) is 183 Å². The first-order valence-electron chi connectivity index (χ1n) is 12.3. The number of benzene rings is 1. The molecule has 1 saturated heterocycles. The smallest absolute Gasteiger partial charge is 0.549 e. The first-order valence-corrected chi connectivity index (χ1v) is 12.7. The molecule has 0 amide bonds. The van der Waals surface area contributed by atoms with E-state index in [1.807, 2.05) is 24.3 Å². The summed E-state index contributed by atoms with van der Waals surface area (Å²) < 4.78 is 2.72. The van der Waals surface area contributed by atoms with E-state index in [1.165, 1.54) is 0 Å². The van der Waals surface area contributed by atoms with Crippen molar-refractivity contribution in [3.8, 4) is 0 Å². The van der Waals surface area contributed by atoms with Crippen LogP contribution in [0, 0.1) is 39.9 Å². The van der Waals surface area contributed by atoms with Gasteiger partial charge in [-0.1, -0.05) is 24.9 Å². The molecule has 1 aliphatic heterocycles. The number of hydrogen-bond acceptors (Lipinski definition) is 13. The number of anilines is 1. The van der Waals surface area contributed by atoms with E-state index >= 15 is 0 Å². The third-order valence-electron chi connectivity index (χ3n) is 6.45. The molecular weight excluding hydrogens is 676 g/mol. The summed E-state index contributed by atoms with van der Waals surface area (Å²) in [5.74, 6) is -4.95. The van der Waals surface area contributed by atoms with Crippen LogP contribution in [-0.4, -0.2) is 127 Å². The van der Waals surface area contributed by atoms with E-state index in [0.717, 1.165) is 11.3 Å². The summed E-state index contributed by atoms with van der Waals surface area (Å²) in [6, 6.07) is 6.50. The zero-order valence-corrected chi connectivity index (χ0v) is 24.6. The predicted octanol–water partition coefficient (Wildman–Crippen LogP) is -4.20. The van der Waals surface area contributed by atoms with Crippen molar-refractivity contribution in [3.05, 3.63) is 29.8 Å². The number of aryl methyl sites for hydroxylation is 1. The summed E-state index contributed by atoms with van der Waals surface area (Å²) in [5, 5.41) is 43.9. The fraction of sp³-hybridized carbons (Fsp3) is 0.583. The van der Waals surface area contributed by atoms with E-state index in [9.17, 15) is 39.6 Å². The molecule has 0 bridgehead atoms. The molecule has 0 aliphatic carbocycles. The van der Waals surface area contributed by atoms with Crippen molar-refractivity contribution in [3.63, 3.8) is 0 Å². The normalized spacial score (nSPS) is 17.7. The van der Waals surface area contributed by atoms with Crippen LogP contribution in [0.25, 0.3) is 0 Å². The van der Waals surface area contributed by atoms with Crippen LogP contribution in [0.15, 0.2) is 24.3 Å². The third-order valence-corrected chi connectivity index (χ3v) is 6.70. The van der Waals surface area contributed by atoms with Crippen LogP contribution in [0.5, 0.6) is 0 Å². The second-order valence-corrected chi connectivity index (χ2v) is 9.41. The molecular formula is C24H34GdN5O8S.